The lowest BCUT2D eigenvalue weighted by molar-refractivity contribution is 0.162. The van der Waals surface area contributed by atoms with Gasteiger partial charge in [0.2, 0.25) is 0 Å². The van der Waals surface area contributed by atoms with Crippen LogP contribution in [-0.4, -0.2) is 16.2 Å². The summed E-state index contributed by atoms with van der Waals surface area (Å²) in [6.45, 7) is 1.56. The molecule has 4 nitrogen and oxygen atoms in total. The Labute approximate surface area is 86.9 Å². The number of aliphatic hydroxyl groups is 1. The molecule has 2 atom stereocenters. The van der Waals surface area contributed by atoms with E-state index in [1.165, 1.54) is 0 Å². The summed E-state index contributed by atoms with van der Waals surface area (Å²) in [5.74, 6) is 0. The molecule has 0 saturated heterocycles. The van der Waals surface area contributed by atoms with E-state index in [2.05, 4.69) is 4.98 Å². The van der Waals surface area contributed by atoms with E-state index in [0.717, 1.165) is 0 Å². The molecular weight excluding hydrogens is 202 g/mol. The smallest absolute Gasteiger partial charge is 0.159 e. The summed E-state index contributed by atoms with van der Waals surface area (Å²) in [6.07, 6.45) is -0.713. The Morgan fingerprint density at radius 1 is 1.64 bits per heavy atom. The van der Waals surface area contributed by atoms with Gasteiger partial charge < -0.3 is 10.8 Å². The highest BCUT2D eigenvalue weighted by Crippen LogP contribution is 2.17. The average molecular weight is 212 g/mol. The minimum Gasteiger partial charge on any atom is -0.391 e. The van der Waals surface area contributed by atoms with E-state index in [4.69, 9.17) is 22.6 Å². The lowest BCUT2D eigenvalue weighted by Gasteiger charge is -2.13. The third-order valence-electron chi connectivity index (χ3n) is 1.83. The Balaban J connectivity index is 3.08. The molecule has 1 aromatic heterocycles. The van der Waals surface area contributed by atoms with Crippen LogP contribution in [0, 0.1) is 11.3 Å². The van der Waals surface area contributed by atoms with Gasteiger partial charge in [-0.05, 0) is 19.1 Å². The average Bonchev–Trinajstić information content (AvgIpc) is 2.17. The fourth-order valence-corrected chi connectivity index (χ4v) is 1.12. The summed E-state index contributed by atoms with van der Waals surface area (Å²) in [6, 6.07) is 4.40. The molecule has 74 valence electrons. The van der Waals surface area contributed by atoms with Crippen molar-refractivity contribution >= 4 is 11.6 Å². The van der Waals surface area contributed by atoms with Gasteiger partial charge in [-0.25, -0.2) is 4.98 Å². The van der Waals surface area contributed by atoms with Gasteiger partial charge in [0.15, 0.2) is 5.69 Å². The van der Waals surface area contributed by atoms with Crippen molar-refractivity contribution in [2.24, 2.45) is 5.73 Å². The molecule has 0 bridgehead atoms. The minimum atomic E-state index is -0.713. The van der Waals surface area contributed by atoms with Gasteiger partial charge in [0.1, 0.15) is 6.07 Å². The molecule has 0 saturated carbocycles. The number of halogens is 1. The van der Waals surface area contributed by atoms with Gasteiger partial charge in [0.25, 0.3) is 0 Å². The Bertz CT molecular complexity index is 373. The topological polar surface area (TPSA) is 82.9 Å². The number of aliphatic hydroxyl groups excluding tert-OH is 1. The van der Waals surface area contributed by atoms with E-state index >= 15 is 0 Å². The first-order chi connectivity index (χ1) is 6.56. The Morgan fingerprint density at radius 2 is 2.29 bits per heavy atom. The first-order valence-electron chi connectivity index (χ1n) is 4.06. The molecule has 1 rings (SSSR count). The second-order valence-corrected chi connectivity index (χ2v) is 3.35. The highest BCUT2D eigenvalue weighted by atomic mass is 35.5. The van der Waals surface area contributed by atoms with Gasteiger partial charge >= 0.3 is 0 Å². The van der Waals surface area contributed by atoms with Crippen molar-refractivity contribution in [3.63, 3.8) is 0 Å². The summed E-state index contributed by atoms with van der Waals surface area (Å²) >= 11 is 5.69. The number of rotatable bonds is 2. The van der Waals surface area contributed by atoms with E-state index < -0.39 is 12.1 Å². The van der Waals surface area contributed by atoms with Crippen LogP contribution < -0.4 is 5.73 Å². The highest BCUT2D eigenvalue weighted by molar-refractivity contribution is 6.31. The molecule has 1 aromatic rings. The van der Waals surface area contributed by atoms with Gasteiger partial charge in [-0.3, -0.25) is 0 Å². The number of hydrogen-bond donors (Lipinski definition) is 2. The Kier molecular flexibility index (Phi) is 3.42. The van der Waals surface area contributed by atoms with Gasteiger partial charge in [0, 0.05) is 0 Å². The minimum absolute atomic E-state index is 0.125. The van der Waals surface area contributed by atoms with Crippen LogP contribution in [0.25, 0.3) is 0 Å². The number of nitrogens with zero attached hydrogens (tertiary/aromatic N) is 2. The largest absolute Gasteiger partial charge is 0.391 e. The monoisotopic (exact) mass is 211 g/mol. The quantitative estimate of drug-likeness (QED) is 0.764. The zero-order valence-electron chi connectivity index (χ0n) is 7.61. The third-order valence-corrected chi connectivity index (χ3v) is 2.14. The normalized spacial score (nSPS) is 14.5. The zero-order valence-corrected chi connectivity index (χ0v) is 8.36. The van der Waals surface area contributed by atoms with Crippen LogP contribution in [0.3, 0.4) is 0 Å². The van der Waals surface area contributed by atoms with Crippen LogP contribution in [0.2, 0.25) is 5.02 Å². The van der Waals surface area contributed by atoms with Crippen molar-refractivity contribution in [2.75, 3.05) is 0 Å². The molecule has 0 aliphatic carbocycles. The van der Waals surface area contributed by atoms with E-state index in [-0.39, 0.29) is 10.7 Å². The second-order valence-electron chi connectivity index (χ2n) is 2.94. The highest BCUT2D eigenvalue weighted by Gasteiger charge is 2.14. The van der Waals surface area contributed by atoms with Crippen molar-refractivity contribution in [3.8, 4) is 6.07 Å². The van der Waals surface area contributed by atoms with Crippen LogP contribution in [0.5, 0.6) is 0 Å². The maximum Gasteiger partial charge on any atom is 0.159 e. The second kappa shape index (κ2) is 4.38. The molecule has 0 aliphatic heterocycles. The van der Waals surface area contributed by atoms with Crippen molar-refractivity contribution in [1.82, 2.24) is 4.98 Å². The van der Waals surface area contributed by atoms with Crippen LogP contribution in [0.1, 0.15) is 24.4 Å². The predicted molar refractivity (Wildman–Crippen MR) is 52.6 cm³/mol. The molecule has 0 spiro atoms. The predicted octanol–water partition coefficient (Wildman–Crippen LogP) is 0.987. The fraction of sp³-hybridized carbons (Fsp3) is 0.333. The Morgan fingerprint density at radius 3 is 2.79 bits per heavy atom. The summed E-state index contributed by atoms with van der Waals surface area (Å²) in [5, 5.41) is 18.2. The summed E-state index contributed by atoms with van der Waals surface area (Å²) < 4.78 is 0. The molecule has 14 heavy (non-hydrogen) atoms. The summed E-state index contributed by atoms with van der Waals surface area (Å²) in [4.78, 5) is 3.93. The molecule has 0 amide bonds. The van der Waals surface area contributed by atoms with Crippen LogP contribution >= 0.6 is 11.6 Å². The van der Waals surface area contributed by atoms with Gasteiger partial charge in [-0.2, -0.15) is 5.26 Å². The zero-order chi connectivity index (χ0) is 10.7. The number of hydrogen-bond acceptors (Lipinski definition) is 4. The van der Waals surface area contributed by atoms with E-state index in [0.29, 0.717) is 5.69 Å². The Hall–Kier alpha value is -1.15. The van der Waals surface area contributed by atoms with Gasteiger partial charge in [0.05, 0.1) is 22.9 Å². The maximum atomic E-state index is 9.23. The van der Waals surface area contributed by atoms with Gasteiger partial charge in [-0.15, -0.1) is 0 Å². The van der Waals surface area contributed by atoms with Crippen molar-refractivity contribution in [1.29, 1.82) is 5.26 Å². The molecule has 0 aromatic carbocycles. The SMILES string of the molecule is CC(O)C(N)c1ccc(Cl)c(C#N)n1. The van der Waals surface area contributed by atoms with Crippen LogP contribution in [0.4, 0.5) is 0 Å². The van der Waals surface area contributed by atoms with E-state index in [9.17, 15) is 5.11 Å². The van der Waals surface area contributed by atoms with Crippen molar-refractivity contribution in [2.45, 2.75) is 19.1 Å². The van der Waals surface area contributed by atoms with Crippen LogP contribution in [-0.2, 0) is 0 Å². The molecule has 5 heteroatoms. The molecule has 2 unspecified atom stereocenters. The lowest BCUT2D eigenvalue weighted by Crippen LogP contribution is -2.24. The molecule has 0 fully saturated rings. The molecule has 3 N–H and O–H groups in total. The van der Waals surface area contributed by atoms with Crippen molar-refractivity contribution < 1.29 is 5.11 Å². The number of pyridine rings is 1. The third kappa shape index (κ3) is 2.20. The molecule has 0 radical (unpaired) electrons. The number of aromatic nitrogens is 1. The molecule has 0 aliphatic rings. The summed E-state index contributed by atoms with van der Waals surface area (Å²) in [5.41, 5.74) is 6.23. The number of nitriles is 1. The van der Waals surface area contributed by atoms with E-state index in [1.807, 2.05) is 6.07 Å². The maximum absolute atomic E-state index is 9.23. The van der Waals surface area contributed by atoms with Crippen molar-refractivity contribution in [3.05, 3.63) is 28.5 Å². The van der Waals surface area contributed by atoms with Crippen LogP contribution in [0.15, 0.2) is 12.1 Å². The molecular formula is C9H10ClN3O. The molecule has 1 heterocycles. The first kappa shape index (κ1) is 10.9. The van der Waals surface area contributed by atoms with Gasteiger partial charge in [-0.1, -0.05) is 11.6 Å². The van der Waals surface area contributed by atoms with E-state index in [1.54, 1.807) is 19.1 Å². The number of nitrogens with two attached hydrogens (primary N) is 1. The lowest BCUT2D eigenvalue weighted by atomic mass is 10.1. The summed E-state index contributed by atoms with van der Waals surface area (Å²) in [7, 11) is 0. The first-order valence-corrected chi connectivity index (χ1v) is 4.44. The fourth-order valence-electron chi connectivity index (χ4n) is 0.968. The standard InChI is InChI=1S/C9H10ClN3O/c1-5(14)9(12)7-3-2-6(10)8(4-11)13-7/h2-3,5,9,14H,12H2,1H3.